The van der Waals surface area contributed by atoms with Gasteiger partial charge in [-0.2, -0.15) is 0 Å². The van der Waals surface area contributed by atoms with E-state index < -0.39 is 35.1 Å². The minimum atomic E-state index is -1.21. The monoisotopic (exact) mass is 548 g/mol. The fraction of sp³-hybridized carbons (Fsp3) is 0.455. The van der Waals surface area contributed by atoms with Crippen LogP contribution in [0.25, 0.3) is 0 Å². The molecule has 0 unspecified atom stereocenters. The molecule has 196 valence electrons. The van der Waals surface area contributed by atoms with E-state index in [2.05, 4.69) is 15.5 Å². The van der Waals surface area contributed by atoms with Crippen molar-refractivity contribution in [1.29, 1.82) is 0 Å². The number of amides is 3. The van der Waals surface area contributed by atoms with Gasteiger partial charge in [0.2, 0.25) is 5.91 Å². The smallest absolute Gasteiger partial charge is 0.352 e. The van der Waals surface area contributed by atoms with Gasteiger partial charge in [-0.1, -0.05) is 5.16 Å². The van der Waals surface area contributed by atoms with Gasteiger partial charge in [0, 0.05) is 35.5 Å². The lowest BCUT2D eigenvalue weighted by molar-refractivity contribution is -0.885. The van der Waals surface area contributed by atoms with Crippen LogP contribution in [0.15, 0.2) is 33.6 Å². The number of anilines is 1. The van der Waals surface area contributed by atoms with Gasteiger partial charge in [-0.3, -0.25) is 23.8 Å². The van der Waals surface area contributed by atoms with Crippen LogP contribution < -0.4 is 16.8 Å². The number of quaternary nitrogens is 1. The molecule has 6 N–H and O–H groups in total. The SMILES string of the molecule is CO/N=C(\C(=O)N[C@@H]1C(=O)N2C(C(=O)O)=C(C[N+]34C=C(C(N)=O)C(CC3)CC4)CS[C@H]12)c1csc(N)n1. The topological polar surface area (TPSA) is 190 Å². The van der Waals surface area contributed by atoms with Crippen LogP contribution in [0.4, 0.5) is 5.13 Å². The number of aliphatic carboxylic acids is 1. The number of aromatic nitrogens is 1. The Balaban J connectivity index is 1.36. The lowest BCUT2D eigenvalue weighted by Crippen LogP contribution is -2.71. The zero-order chi connectivity index (χ0) is 26.5. The van der Waals surface area contributed by atoms with Crippen LogP contribution in [0.1, 0.15) is 18.5 Å². The molecule has 2 atom stereocenters. The molecule has 2 bridgehead atoms. The zero-order valence-corrected chi connectivity index (χ0v) is 21.5. The number of nitrogens with one attached hydrogen (secondary N) is 1. The predicted molar refractivity (Wildman–Crippen MR) is 135 cm³/mol. The van der Waals surface area contributed by atoms with E-state index in [-0.39, 0.29) is 28.2 Å². The molecule has 2 fully saturated rings. The van der Waals surface area contributed by atoms with E-state index in [9.17, 15) is 24.3 Å². The number of thioether (sulfide) groups is 1. The highest BCUT2D eigenvalue weighted by molar-refractivity contribution is 8.00. The number of carbonyl (C=O) groups excluding carboxylic acids is 3. The molecule has 6 heterocycles. The first-order valence-electron chi connectivity index (χ1n) is 11.6. The maximum absolute atomic E-state index is 13.1. The third kappa shape index (κ3) is 4.36. The number of hydrogen-bond acceptors (Lipinski definition) is 10. The molecule has 1 aromatic heterocycles. The van der Waals surface area contributed by atoms with Crippen molar-refractivity contribution in [3.63, 3.8) is 0 Å². The third-order valence-corrected chi connectivity index (χ3v) is 9.20. The molecule has 5 aliphatic heterocycles. The van der Waals surface area contributed by atoms with Crippen molar-refractivity contribution < 1.29 is 33.6 Å². The molecule has 15 heteroatoms. The fourth-order valence-electron chi connectivity index (χ4n) is 5.48. The molecule has 5 aliphatic rings. The lowest BCUT2D eigenvalue weighted by atomic mass is 9.83. The van der Waals surface area contributed by atoms with Gasteiger partial charge in [0.05, 0.1) is 18.7 Å². The minimum Gasteiger partial charge on any atom is -0.477 e. The van der Waals surface area contributed by atoms with Crippen molar-refractivity contribution in [3.8, 4) is 0 Å². The number of hydrogen-bond donors (Lipinski definition) is 4. The van der Waals surface area contributed by atoms with Crippen molar-refractivity contribution >= 4 is 57.6 Å². The molecule has 37 heavy (non-hydrogen) atoms. The van der Waals surface area contributed by atoms with E-state index in [0.29, 0.717) is 27.9 Å². The number of carboxylic acids is 1. The standard InChI is InChI=1S/C22H25N7O6S2/c1-35-27-14(13-9-37-22(24)25-13)18(31)26-15-19(32)28-16(21(33)34)11(8-36-20(15)28)6-29-4-2-10(3-5-29)12(7-29)17(23)30/h7,9-10,15,20H,2-6,8H2,1H3,(H5-,23,24,25,26,30,31,33,34)/p+1/b27-14-/t10?,15-,20-,29?/m1/s1. The number of nitrogen functional groups attached to an aromatic ring is 1. The molecule has 3 amide bonds. The summed E-state index contributed by atoms with van der Waals surface area (Å²) in [5.41, 5.74) is 12.5. The first-order chi connectivity index (χ1) is 17.6. The Kier molecular flexibility index (Phi) is 6.45. The van der Waals surface area contributed by atoms with Gasteiger partial charge in [-0.15, -0.1) is 23.1 Å². The largest absolute Gasteiger partial charge is 0.477 e. The van der Waals surface area contributed by atoms with Gasteiger partial charge in [-0.25, -0.2) is 9.78 Å². The van der Waals surface area contributed by atoms with Gasteiger partial charge in [-0.05, 0) is 0 Å². The van der Waals surface area contributed by atoms with E-state index in [4.69, 9.17) is 16.3 Å². The summed E-state index contributed by atoms with van der Waals surface area (Å²) >= 11 is 2.51. The van der Waals surface area contributed by atoms with Crippen molar-refractivity contribution in [1.82, 2.24) is 15.2 Å². The molecule has 0 radical (unpaired) electrons. The third-order valence-electron chi connectivity index (χ3n) is 7.19. The zero-order valence-electron chi connectivity index (χ0n) is 19.9. The fourth-order valence-corrected chi connectivity index (χ4v) is 7.36. The summed E-state index contributed by atoms with van der Waals surface area (Å²) in [4.78, 5) is 60.3. The minimum absolute atomic E-state index is 0.0634. The number of fused-ring (bicyclic) bond motifs is 3. The molecule has 2 saturated heterocycles. The second-order valence-electron chi connectivity index (χ2n) is 9.36. The lowest BCUT2D eigenvalue weighted by Gasteiger charge is -2.51. The number of thiazole rings is 1. The maximum atomic E-state index is 13.1. The molecule has 0 spiro atoms. The Morgan fingerprint density at radius 3 is 2.68 bits per heavy atom. The molecule has 6 rings (SSSR count). The maximum Gasteiger partial charge on any atom is 0.352 e. The number of β-lactam (4-membered cyclic amide) rings is 1. The summed E-state index contributed by atoms with van der Waals surface area (Å²) in [6.07, 6.45) is 3.51. The normalized spacial score (nSPS) is 28.8. The molecule has 13 nitrogen and oxygen atoms in total. The van der Waals surface area contributed by atoms with Crippen LogP contribution in [-0.4, -0.2) is 92.8 Å². The highest BCUT2D eigenvalue weighted by Gasteiger charge is 2.55. The van der Waals surface area contributed by atoms with Crippen molar-refractivity contribution in [2.45, 2.75) is 24.3 Å². The second kappa shape index (κ2) is 9.46. The first kappa shape index (κ1) is 25.2. The number of nitrogens with two attached hydrogens (primary N) is 2. The van der Waals surface area contributed by atoms with Gasteiger partial charge < -0.3 is 26.7 Å². The van der Waals surface area contributed by atoms with E-state index in [0.717, 1.165) is 37.3 Å². The Labute approximate surface area is 219 Å². The number of oxime groups is 1. The van der Waals surface area contributed by atoms with Crippen molar-refractivity contribution in [2.75, 3.05) is 38.2 Å². The number of piperidine rings is 1. The summed E-state index contributed by atoms with van der Waals surface area (Å²) in [5.74, 6) is -2.33. The van der Waals surface area contributed by atoms with Gasteiger partial charge in [0.25, 0.3) is 11.8 Å². The molecule has 0 aromatic carbocycles. The predicted octanol–water partition coefficient (Wildman–Crippen LogP) is -0.576. The van der Waals surface area contributed by atoms with Crippen LogP contribution in [0, 0.1) is 5.92 Å². The van der Waals surface area contributed by atoms with Gasteiger partial charge >= 0.3 is 5.97 Å². The summed E-state index contributed by atoms with van der Waals surface area (Å²) in [6, 6.07) is -0.939. The van der Waals surface area contributed by atoms with Crippen molar-refractivity contribution in [3.05, 3.63) is 34.1 Å². The Bertz CT molecular complexity index is 1280. The van der Waals surface area contributed by atoms with Crippen LogP contribution in [-0.2, 0) is 24.0 Å². The number of rotatable bonds is 8. The van der Waals surface area contributed by atoms with Gasteiger partial charge in [0.1, 0.15) is 42.7 Å². The highest BCUT2D eigenvalue weighted by Crippen LogP contribution is 2.43. The number of primary amides is 1. The Morgan fingerprint density at radius 2 is 2.08 bits per heavy atom. The Morgan fingerprint density at radius 1 is 1.35 bits per heavy atom. The van der Waals surface area contributed by atoms with Crippen molar-refractivity contribution in [2.24, 2.45) is 16.8 Å². The second-order valence-corrected chi connectivity index (χ2v) is 11.4. The number of carbonyl (C=O) groups is 4. The molecule has 1 aromatic rings. The summed E-state index contributed by atoms with van der Waals surface area (Å²) in [7, 11) is 1.28. The van der Waals surface area contributed by atoms with Crippen LogP contribution >= 0.6 is 23.1 Å². The molecule has 0 saturated carbocycles. The summed E-state index contributed by atoms with van der Waals surface area (Å²) in [6.45, 7) is 1.93. The molecular weight excluding hydrogens is 522 g/mol. The van der Waals surface area contributed by atoms with Crippen LogP contribution in [0.5, 0.6) is 0 Å². The average Bonchev–Trinajstić information content (AvgIpc) is 3.31. The number of carboxylic acid groups (broad SMARTS) is 1. The van der Waals surface area contributed by atoms with E-state index in [1.165, 1.54) is 23.8 Å². The first-order valence-corrected chi connectivity index (χ1v) is 13.5. The molecule has 0 aliphatic carbocycles. The molecular formula is C22H26N7O6S2+. The quantitative estimate of drug-likeness (QED) is 0.143. The summed E-state index contributed by atoms with van der Waals surface area (Å²) in [5, 5.41) is 17.6. The average molecular weight is 549 g/mol. The van der Waals surface area contributed by atoms with Crippen LogP contribution in [0.2, 0.25) is 0 Å². The summed E-state index contributed by atoms with van der Waals surface area (Å²) < 4.78 is 0.446. The van der Waals surface area contributed by atoms with Crippen LogP contribution in [0.3, 0.4) is 0 Å². The van der Waals surface area contributed by atoms with E-state index in [1.807, 2.05) is 6.20 Å². The highest BCUT2D eigenvalue weighted by atomic mass is 32.2. The van der Waals surface area contributed by atoms with Gasteiger partial charge in [0.15, 0.2) is 10.8 Å². The Hall–Kier alpha value is -3.43. The number of nitrogens with zero attached hydrogens (tertiary/aromatic N) is 4. The van der Waals surface area contributed by atoms with E-state index >= 15 is 0 Å². The van der Waals surface area contributed by atoms with E-state index in [1.54, 1.807) is 5.38 Å².